The molecular weight excluding hydrogens is 667 g/mol. The lowest BCUT2D eigenvalue weighted by Gasteiger charge is -2.33. The maximum Gasteiger partial charge on any atom is 0.318 e. The van der Waals surface area contributed by atoms with Crippen molar-refractivity contribution in [2.24, 2.45) is 22.7 Å². The second-order valence-corrected chi connectivity index (χ2v) is 15.4. The molecule has 268 valence electrons. The molecule has 0 unspecified atom stereocenters. The number of aromatic nitrogens is 1. The highest BCUT2D eigenvalue weighted by molar-refractivity contribution is 7.89. The summed E-state index contributed by atoms with van der Waals surface area (Å²) in [7, 11) is -2.45. The number of urea groups is 1. The van der Waals surface area contributed by atoms with Crippen LogP contribution in [-0.2, 0) is 34.3 Å². The van der Waals surface area contributed by atoms with E-state index in [-0.39, 0.29) is 42.8 Å². The Balaban J connectivity index is 1.86. The standard InChI is InChI=1S/C34H49N7O6S2/c1-6-24(4)32(39-34(44)40(5)20-27-22-48-31(17-35)37-27)33(43)38-29(16-25-10-8-7-9-11-25)30(42)21-41(19-23(2)3)49(46,47)28-14-12-26(13-15-28)18-36-45/h7-15,18,22-24,29-30,32,42,45H,6,16-17,19-21,35H2,1-5H3,(H,38,43)(H,39,44)/t24-,29-,30+,32-/m0/s1. The number of nitrogens with two attached hydrogens (primary N) is 1. The molecule has 1 aromatic heterocycles. The lowest BCUT2D eigenvalue weighted by Crippen LogP contribution is -2.58. The van der Waals surface area contributed by atoms with E-state index in [1.165, 1.54) is 51.0 Å². The second kappa shape index (κ2) is 18.8. The van der Waals surface area contributed by atoms with Crippen molar-refractivity contribution >= 4 is 39.5 Å². The van der Waals surface area contributed by atoms with Gasteiger partial charge in [0.2, 0.25) is 15.9 Å². The van der Waals surface area contributed by atoms with Gasteiger partial charge in [-0.3, -0.25) is 4.79 Å². The van der Waals surface area contributed by atoms with Gasteiger partial charge in [-0.2, -0.15) is 4.31 Å². The van der Waals surface area contributed by atoms with Crippen molar-refractivity contribution in [1.82, 2.24) is 24.8 Å². The number of thiazole rings is 1. The van der Waals surface area contributed by atoms with E-state index in [1.807, 2.05) is 63.4 Å². The van der Waals surface area contributed by atoms with Crippen molar-refractivity contribution in [3.63, 3.8) is 0 Å². The van der Waals surface area contributed by atoms with Gasteiger partial charge in [-0.1, -0.05) is 81.7 Å². The van der Waals surface area contributed by atoms with Gasteiger partial charge in [0, 0.05) is 32.1 Å². The summed E-state index contributed by atoms with van der Waals surface area (Å²) in [5.74, 6) is -0.820. The van der Waals surface area contributed by atoms with E-state index < -0.39 is 40.1 Å². The smallest absolute Gasteiger partial charge is 0.318 e. The van der Waals surface area contributed by atoms with E-state index >= 15 is 0 Å². The molecule has 0 aliphatic heterocycles. The number of hydrogen-bond donors (Lipinski definition) is 5. The molecule has 1 heterocycles. The van der Waals surface area contributed by atoms with Crippen LogP contribution in [0.4, 0.5) is 4.79 Å². The second-order valence-electron chi connectivity index (χ2n) is 12.5. The molecule has 0 saturated carbocycles. The number of sulfonamides is 1. The fourth-order valence-electron chi connectivity index (χ4n) is 5.15. The van der Waals surface area contributed by atoms with Crippen LogP contribution in [0.3, 0.4) is 0 Å². The van der Waals surface area contributed by atoms with E-state index in [4.69, 9.17) is 10.9 Å². The number of aliphatic hydroxyl groups is 1. The number of hydrogen-bond acceptors (Lipinski definition) is 10. The summed E-state index contributed by atoms with van der Waals surface area (Å²) < 4.78 is 28.9. The predicted molar refractivity (Wildman–Crippen MR) is 191 cm³/mol. The zero-order valence-corrected chi connectivity index (χ0v) is 30.3. The summed E-state index contributed by atoms with van der Waals surface area (Å²) in [6.45, 7) is 7.89. The molecule has 0 radical (unpaired) electrons. The first kappa shape index (κ1) is 39.5. The number of carbonyl (C=O) groups excluding carboxylic acids is 2. The quantitative estimate of drug-likeness (QED) is 0.0752. The topological polar surface area (TPSA) is 191 Å². The van der Waals surface area contributed by atoms with Gasteiger partial charge >= 0.3 is 6.03 Å². The number of amides is 3. The first-order valence-corrected chi connectivity index (χ1v) is 18.6. The van der Waals surface area contributed by atoms with Gasteiger partial charge in [-0.05, 0) is 41.5 Å². The number of nitrogens with zero attached hydrogens (tertiary/aromatic N) is 4. The van der Waals surface area contributed by atoms with Crippen LogP contribution < -0.4 is 16.4 Å². The van der Waals surface area contributed by atoms with Crippen molar-refractivity contribution in [2.45, 2.75) is 76.7 Å². The molecule has 6 N–H and O–H groups in total. The summed E-state index contributed by atoms with van der Waals surface area (Å²) in [5, 5.41) is 31.9. The molecular formula is C34H49N7O6S2. The number of carbonyl (C=O) groups is 2. The Hall–Kier alpha value is -3.89. The Kier molecular flexibility index (Phi) is 15.1. The van der Waals surface area contributed by atoms with Crippen molar-refractivity contribution < 1.29 is 28.3 Å². The first-order valence-electron chi connectivity index (χ1n) is 16.2. The third kappa shape index (κ3) is 11.6. The molecule has 2 aromatic carbocycles. The molecule has 0 aliphatic rings. The van der Waals surface area contributed by atoms with Gasteiger partial charge in [-0.25, -0.2) is 18.2 Å². The van der Waals surface area contributed by atoms with Gasteiger partial charge in [0.15, 0.2) is 0 Å². The Morgan fingerprint density at radius 1 is 1.06 bits per heavy atom. The molecule has 49 heavy (non-hydrogen) atoms. The average molecular weight is 716 g/mol. The van der Waals surface area contributed by atoms with Crippen LogP contribution in [0.25, 0.3) is 0 Å². The SMILES string of the molecule is CC[C@H](C)[C@H](NC(=O)N(C)Cc1csc(CN)n1)C(=O)N[C@@H](Cc1ccccc1)[C@H](O)CN(CC(C)C)S(=O)(=O)c1ccc(C=NO)cc1. The molecule has 0 saturated heterocycles. The third-order valence-electron chi connectivity index (χ3n) is 8.07. The molecule has 3 amide bonds. The van der Waals surface area contributed by atoms with E-state index in [2.05, 4.69) is 20.8 Å². The van der Waals surface area contributed by atoms with Crippen LogP contribution in [-0.4, -0.2) is 89.4 Å². The Bertz CT molecular complexity index is 1620. The molecule has 0 aliphatic carbocycles. The summed E-state index contributed by atoms with van der Waals surface area (Å²) >= 11 is 1.41. The number of rotatable bonds is 18. The van der Waals surface area contributed by atoms with Crippen LogP contribution in [0.5, 0.6) is 0 Å². The fourth-order valence-corrected chi connectivity index (χ4v) is 7.44. The number of nitrogens with one attached hydrogen (secondary N) is 2. The van der Waals surface area contributed by atoms with Crippen LogP contribution in [0.15, 0.2) is 70.0 Å². The van der Waals surface area contributed by atoms with Crippen LogP contribution in [0.1, 0.15) is 55.9 Å². The number of aliphatic hydroxyl groups excluding tert-OH is 1. The summed E-state index contributed by atoms with van der Waals surface area (Å²) in [4.78, 5) is 33.1. The van der Waals surface area contributed by atoms with E-state index in [1.54, 1.807) is 7.05 Å². The molecule has 13 nitrogen and oxygen atoms in total. The predicted octanol–water partition coefficient (Wildman–Crippen LogP) is 3.40. The Morgan fingerprint density at radius 3 is 2.31 bits per heavy atom. The van der Waals surface area contributed by atoms with Crippen LogP contribution >= 0.6 is 11.3 Å². The van der Waals surface area contributed by atoms with Crippen molar-refractivity contribution in [3.05, 3.63) is 81.8 Å². The largest absolute Gasteiger partial charge is 0.411 e. The van der Waals surface area contributed by atoms with Gasteiger partial charge in [0.25, 0.3) is 0 Å². The lowest BCUT2D eigenvalue weighted by molar-refractivity contribution is -0.125. The lowest BCUT2D eigenvalue weighted by atomic mass is 9.96. The van der Waals surface area contributed by atoms with E-state index in [0.717, 1.165) is 10.6 Å². The van der Waals surface area contributed by atoms with Gasteiger partial charge < -0.3 is 31.6 Å². The number of benzene rings is 2. The van der Waals surface area contributed by atoms with Gasteiger partial charge in [-0.15, -0.1) is 11.3 Å². The Morgan fingerprint density at radius 2 is 1.73 bits per heavy atom. The fraction of sp³-hybridized carbons (Fsp3) is 0.471. The minimum absolute atomic E-state index is 0.0136. The zero-order valence-electron chi connectivity index (χ0n) is 28.7. The third-order valence-corrected chi connectivity index (χ3v) is 10.8. The Labute approximate surface area is 293 Å². The monoisotopic (exact) mass is 715 g/mol. The maximum atomic E-state index is 13.9. The molecule has 0 fully saturated rings. The highest BCUT2D eigenvalue weighted by Gasteiger charge is 2.34. The zero-order chi connectivity index (χ0) is 36.1. The van der Waals surface area contributed by atoms with Crippen LogP contribution in [0.2, 0.25) is 0 Å². The average Bonchev–Trinajstić information content (AvgIpc) is 3.54. The normalized spacial score (nSPS) is 14.5. The molecule has 3 rings (SSSR count). The van der Waals surface area contributed by atoms with Crippen molar-refractivity contribution in [3.8, 4) is 0 Å². The summed E-state index contributed by atoms with van der Waals surface area (Å²) in [6.07, 6.45) is 0.682. The molecule has 0 spiro atoms. The summed E-state index contributed by atoms with van der Waals surface area (Å²) in [5.41, 5.74) is 7.70. The highest BCUT2D eigenvalue weighted by Crippen LogP contribution is 2.20. The van der Waals surface area contributed by atoms with Crippen molar-refractivity contribution in [2.75, 3.05) is 20.1 Å². The van der Waals surface area contributed by atoms with Gasteiger partial charge in [0.1, 0.15) is 11.0 Å². The number of oxime groups is 1. The molecule has 15 heteroatoms. The highest BCUT2D eigenvalue weighted by atomic mass is 32.2. The molecule has 4 atom stereocenters. The summed E-state index contributed by atoms with van der Waals surface area (Å²) in [6, 6.07) is 12.8. The maximum absolute atomic E-state index is 13.9. The molecule has 3 aromatic rings. The molecule has 0 bridgehead atoms. The van der Waals surface area contributed by atoms with E-state index in [0.29, 0.717) is 24.2 Å². The minimum Gasteiger partial charge on any atom is -0.411 e. The van der Waals surface area contributed by atoms with E-state index in [9.17, 15) is 23.1 Å². The van der Waals surface area contributed by atoms with Crippen molar-refractivity contribution in [1.29, 1.82) is 0 Å². The van der Waals surface area contributed by atoms with Crippen LogP contribution in [0, 0.1) is 11.8 Å². The first-order chi connectivity index (χ1) is 23.3. The van der Waals surface area contributed by atoms with Gasteiger partial charge in [0.05, 0.1) is 35.5 Å². The minimum atomic E-state index is -4.06.